The molecule has 152 valence electrons. The number of rotatable bonds is 4. The van der Waals surface area contributed by atoms with Crippen LogP contribution in [-0.2, 0) is 22.6 Å². The molecule has 2 aromatic heterocycles. The van der Waals surface area contributed by atoms with E-state index in [4.69, 9.17) is 15.2 Å². The molecule has 7 heteroatoms. The summed E-state index contributed by atoms with van der Waals surface area (Å²) in [6.07, 6.45) is 0. The summed E-state index contributed by atoms with van der Waals surface area (Å²) in [5.74, 6) is 0.593. The molecule has 2 fully saturated rings. The highest BCUT2D eigenvalue weighted by Gasteiger charge is 2.11. The minimum absolute atomic E-state index is 0.593. The summed E-state index contributed by atoms with van der Waals surface area (Å²) in [5.41, 5.74) is 8.90. The molecular weight excluding hydrogens is 354 g/mol. The molecule has 0 spiro atoms. The van der Waals surface area contributed by atoms with Gasteiger partial charge in [0.05, 0.1) is 37.8 Å². The van der Waals surface area contributed by atoms with E-state index in [1.807, 2.05) is 31.2 Å². The Bertz CT molecular complexity index is 654. The number of hydrogen-bond acceptors (Lipinski definition) is 7. The van der Waals surface area contributed by atoms with Crippen LogP contribution in [0.25, 0.3) is 0 Å². The number of nitrogens with zero attached hydrogens (tertiary/aromatic N) is 4. The number of pyridine rings is 2. The summed E-state index contributed by atoms with van der Waals surface area (Å²) in [5, 5.41) is 0. The average molecular weight is 386 g/mol. The minimum Gasteiger partial charge on any atom is -0.384 e. The summed E-state index contributed by atoms with van der Waals surface area (Å²) in [6.45, 7) is 11.2. The zero-order valence-corrected chi connectivity index (χ0v) is 16.7. The SMILES string of the molecule is Cc1cccc(CN2CCOCC2)n1.Nc1cccc(CN2CCOCC2)n1. The van der Waals surface area contributed by atoms with E-state index >= 15 is 0 Å². The number of morpholine rings is 2. The Hall–Kier alpha value is -2.06. The zero-order valence-electron chi connectivity index (χ0n) is 16.7. The topological polar surface area (TPSA) is 76.7 Å². The lowest BCUT2D eigenvalue weighted by molar-refractivity contribution is 0.0336. The highest BCUT2D eigenvalue weighted by atomic mass is 16.5. The lowest BCUT2D eigenvalue weighted by Gasteiger charge is -2.26. The van der Waals surface area contributed by atoms with Crippen molar-refractivity contribution >= 4 is 5.82 Å². The Labute approximate surface area is 167 Å². The molecule has 0 aromatic carbocycles. The van der Waals surface area contributed by atoms with Crippen LogP contribution in [0.1, 0.15) is 17.1 Å². The third-order valence-corrected chi connectivity index (χ3v) is 4.75. The second-order valence-corrected chi connectivity index (χ2v) is 7.10. The van der Waals surface area contributed by atoms with Crippen LogP contribution in [0.4, 0.5) is 5.82 Å². The van der Waals surface area contributed by atoms with E-state index in [-0.39, 0.29) is 0 Å². The summed E-state index contributed by atoms with van der Waals surface area (Å²) in [7, 11) is 0. The van der Waals surface area contributed by atoms with Crippen LogP contribution in [0.3, 0.4) is 0 Å². The van der Waals surface area contributed by atoms with Crippen LogP contribution in [0, 0.1) is 6.92 Å². The number of anilines is 1. The maximum absolute atomic E-state index is 5.61. The standard InChI is InChI=1S/C11H16N2O.C10H15N3O/c1-10-3-2-4-11(12-10)9-13-5-7-14-8-6-13;11-10-3-1-2-9(12-10)8-13-4-6-14-7-5-13/h2-4H,5-9H2,1H3;1-3H,4-8H2,(H2,11,12). The van der Waals surface area contributed by atoms with E-state index in [0.717, 1.165) is 82.8 Å². The third kappa shape index (κ3) is 7.16. The molecule has 0 atom stereocenters. The van der Waals surface area contributed by atoms with Crippen molar-refractivity contribution in [3.05, 3.63) is 53.5 Å². The van der Waals surface area contributed by atoms with E-state index in [2.05, 4.69) is 31.9 Å². The van der Waals surface area contributed by atoms with Crippen molar-refractivity contribution in [2.24, 2.45) is 0 Å². The summed E-state index contributed by atoms with van der Waals surface area (Å²) >= 11 is 0. The molecule has 4 rings (SSSR count). The Morgan fingerprint density at radius 3 is 1.79 bits per heavy atom. The molecule has 2 aliphatic heterocycles. The van der Waals surface area contributed by atoms with Gasteiger partial charge < -0.3 is 15.2 Å². The Balaban J connectivity index is 0.000000161. The zero-order chi connectivity index (χ0) is 19.6. The van der Waals surface area contributed by atoms with Crippen molar-refractivity contribution in [1.82, 2.24) is 19.8 Å². The fourth-order valence-corrected chi connectivity index (χ4v) is 3.25. The number of nitrogens with two attached hydrogens (primary N) is 1. The molecule has 4 heterocycles. The Morgan fingerprint density at radius 2 is 1.29 bits per heavy atom. The number of ether oxygens (including phenoxy) is 2. The van der Waals surface area contributed by atoms with Crippen molar-refractivity contribution in [3.63, 3.8) is 0 Å². The highest BCUT2D eigenvalue weighted by molar-refractivity contribution is 5.28. The van der Waals surface area contributed by atoms with Gasteiger partial charge in [-0.1, -0.05) is 12.1 Å². The van der Waals surface area contributed by atoms with Gasteiger partial charge in [-0.15, -0.1) is 0 Å². The van der Waals surface area contributed by atoms with Crippen LogP contribution >= 0.6 is 0 Å². The maximum Gasteiger partial charge on any atom is 0.123 e. The Morgan fingerprint density at radius 1 is 0.786 bits per heavy atom. The first-order chi connectivity index (χ1) is 13.7. The van der Waals surface area contributed by atoms with Gasteiger partial charge in [-0.05, 0) is 31.2 Å². The van der Waals surface area contributed by atoms with Crippen molar-refractivity contribution in [1.29, 1.82) is 0 Å². The van der Waals surface area contributed by atoms with Gasteiger partial charge >= 0.3 is 0 Å². The summed E-state index contributed by atoms with van der Waals surface area (Å²) in [4.78, 5) is 13.5. The maximum atomic E-state index is 5.61. The first-order valence-corrected chi connectivity index (χ1v) is 9.93. The molecule has 0 aliphatic carbocycles. The lowest BCUT2D eigenvalue weighted by Crippen LogP contribution is -2.35. The molecule has 0 bridgehead atoms. The largest absolute Gasteiger partial charge is 0.384 e. The van der Waals surface area contributed by atoms with E-state index < -0.39 is 0 Å². The molecule has 0 unspecified atom stereocenters. The van der Waals surface area contributed by atoms with Crippen LogP contribution in [0.2, 0.25) is 0 Å². The number of aryl methyl sites for hydroxylation is 1. The van der Waals surface area contributed by atoms with Gasteiger partial charge in [-0.2, -0.15) is 0 Å². The van der Waals surface area contributed by atoms with Crippen molar-refractivity contribution < 1.29 is 9.47 Å². The fraction of sp³-hybridized carbons (Fsp3) is 0.524. The van der Waals surface area contributed by atoms with Gasteiger partial charge in [-0.25, -0.2) is 4.98 Å². The smallest absolute Gasteiger partial charge is 0.123 e. The molecule has 7 nitrogen and oxygen atoms in total. The quantitative estimate of drug-likeness (QED) is 0.859. The summed E-state index contributed by atoms with van der Waals surface area (Å²) in [6, 6.07) is 11.9. The molecule has 2 N–H and O–H groups in total. The third-order valence-electron chi connectivity index (χ3n) is 4.75. The molecule has 0 amide bonds. The van der Waals surface area contributed by atoms with Gasteiger partial charge in [0, 0.05) is 45.0 Å². The van der Waals surface area contributed by atoms with Crippen molar-refractivity contribution in [3.8, 4) is 0 Å². The number of hydrogen-bond donors (Lipinski definition) is 1. The predicted molar refractivity (Wildman–Crippen MR) is 110 cm³/mol. The number of aromatic nitrogens is 2. The molecule has 2 aromatic rings. The van der Waals surface area contributed by atoms with Crippen molar-refractivity contribution in [2.75, 3.05) is 58.3 Å². The number of nitrogen functional groups attached to an aromatic ring is 1. The summed E-state index contributed by atoms with van der Waals surface area (Å²) < 4.78 is 10.6. The van der Waals surface area contributed by atoms with Gasteiger partial charge in [0.15, 0.2) is 0 Å². The first-order valence-electron chi connectivity index (χ1n) is 9.93. The molecular formula is C21H31N5O2. The Kier molecular flexibility index (Phi) is 8.17. The fourth-order valence-electron chi connectivity index (χ4n) is 3.25. The average Bonchev–Trinajstić information content (AvgIpc) is 2.70. The highest BCUT2D eigenvalue weighted by Crippen LogP contribution is 2.07. The monoisotopic (exact) mass is 385 g/mol. The van der Waals surface area contributed by atoms with Crippen molar-refractivity contribution in [2.45, 2.75) is 20.0 Å². The van der Waals surface area contributed by atoms with Crippen LogP contribution in [0.5, 0.6) is 0 Å². The van der Waals surface area contributed by atoms with Crippen LogP contribution in [0.15, 0.2) is 36.4 Å². The second kappa shape index (κ2) is 11.1. The first kappa shape index (κ1) is 20.7. The van der Waals surface area contributed by atoms with E-state index in [9.17, 15) is 0 Å². The van der Waals surface area contributed by atoms with Crippen LogP contribution in [-0.4, -0.2) is 72.4 Å². The molecule has 2 saturated heterocycles. The van der Waals surface area contributed by atoms with Crippen LogP contribution < -0.4 is 5.73 Å². The van der Waals surface area contributed by atoms with E-state index in [1.165, 1.54) is 0 Å². The lowest BCUT2D eigenvalue weighted by atomic mass is 10.3. The molecule has 0 radical (unpaired) electrons. The van der Waals surface area contributed by atoms with E-state index in [0.29, 0.717) is 5.82 Å². The second-order valence-electron chi connectivity index (χ2n) is 7.10. The van der Waals surface area contributed by atoms with Gasteiger partial charge in [-0.3, -0.25) is 14.8 Å². The van der Waals surface area contributed by atoms with E-state index in [1.54, 1.807) is 0 Å². The predicted octanol–water partition coefficient (Wildman–Crippen LogP) is 1.72. The molecule has 0 saturated carbocycles. The molecule has 28 heavy (non-hydrogen) atoms. The van der Waals surface area contributed by atoms with Gasteiger partial charge in [0.1, 0.15) is 5.82 Å². The van der Waals surface area contributed by atoms with Gasteiger partial charge in [0.25, 0.3) is 0 Å². The molecule has 2 aliphatic rings. The minimum atomic E-state index is 0.593. The normalized spacial score (nSPS) is 18.3. The van der Waals surface area contributed by atoms with Gasteiger partial charge in [0.2, 0.25) is 0 Å².